The van der Waals surface area contributed by atoms with Gasteiger partial charge in [-0.25, -0.2) is 4.39 Å². The van der Waals surface area contributed by atoms with Crippen molar-refractivity contribution in [3.8, 4) is 10.8 Å². The van der Waals surface area contributed by atoms with Crippen LogP contribution < -0.4 is 5.32 Å². The first-order valence-electron chi connectivity index (χ1n) is 5.93. The van der Waals surface area contributed by atoms with Crippen LogP contribution in [0.3, 0.4) is 0 Å². The molecule has 19 heavy (non-hydrogen) atoms. The number of hydrogen-bond donors (Lipinski definition) is 1. The molecule has 6 heteroatoms. The Morgan fingerprint density at radius 3 is 3.11 bits per heavy atom. The molecule has 0 saturated carbocycles. The van der Waals surface area contributed by atoms with Crippen LogP contribution in [0.25, 0.3) is 20.9 Å². The molecule has 0 aliphatic heterocycles. The van der Waals surface area contributed by atoms with Crippen molar-refractivity contribution in [1.29, 1.82) is 0 Å². The quantitative estimate of drug-likeness (QED) is 0.796. The van der Waals surface area contributed by atoms with Crippen molar-refractivity contribution in [2.75, 3.05) is 13.6 Å². The van der Waals surface area contributed by atoms with E-state index in [4.69, 9.17) is 4.52 Å². The summed E-state index contributed by atoms with van der Waals surface area (Å²) in [6.07, 6.45) is 0.722. The van der Waals surface area contributed by atoms with E-state index >= 15 is 0 Å². The fourth-order valence-corrected chi connectivity index (χ4v) is 2.81. The molecule has 0 saturated heterocycles. The van der Waals surface area contributed by atoms with Gasteiger partial charge in [-0.2, -0.15) is 4.98 Å². The Labute approximate surface area is 113 Å². The number of halogens is 1. The molecule has 0 spiro atoms. The fraction of sp³-hybridized carbons (Fsp3) is 0.231. The van der Waals surface area contributed by atoms with E-state index in [1.807, 2.05) is 13.1 Å². The van der Waals surface area contributed by atoms with Gasteiger partial charge in [-0.3, -0.25) is 0 Å². The lowest BCUT2D eigenvalue weighted by Crippen LogP contribution is -2.10. The van der Waals surface area contributed by atoms with Gasteiger partial charge >= 0.3 is 0 Å². The van der Waals surface area contributed by atoms with Crippen LogP contribution >= 0.6 is 11.3 Å². The molecule has 1 N–H and O–H groups in total. The molecule has 0 bridgehead atoms. The Balaban J connectivity index is 1.92. The number of rotatable bonds is 4. The van der Waals surface area contributed by atoms with Gasteiger partial charge in [0, 0.05) is 17.7 Å². The number of thiophene rings is 1. The lowest BCUT2D eigenvalue weighted by molar-refractivity contribution is 0.423. The molecule has 3 rings (SSSR count). The van der Waals surface area contributed by atoms with Crippen molar-refractivity contribution in [2.45, 2.75) is 6.42 Å². The van der Waals surface area contributed by atoms with Gasteiger partial charge in [0.1, 0.15) is 5.82 Å². The number of fused-ring (bicyclic) bond motifs is 1. The van der Waals surface area contributed by atoms with E-state index in [-0.39, 0.29) is 5.82 Å². The van der Waals surface area contributed by atoms with Crippen LogP contribution in [-0.4, -0.2) is 23.7 Å². The third kappa shape index (κ3) is 2.50. The van der Waals surface area contributed by atoms with Gasteiger partial charge in [0.15, 0.2) is 5.82 Å². The summed E-state index contributed by atoms with van der Waals surface area (Å²) in [6, 6.07) is 6.66. The number of nitrogens with one attached hydrogen (secondary N) is 1. The second-order valence-electron chi connectivity index (χ2n) is 4.16. The molecule has 4 nitrogen and oxygen atoms in total. The lowest BCUT2D eigenvalue weighted by Gasteiger charge is -1.90. The first-order chi connectivity index (χ1) is 9.26. The fourth-order valence-electron chi connectivity index (χ4n) is 1.80. The van der Waals surface area contributed by atoms with Crippen LogP contribution in [0.5, 0.6) is 0 Å². The average molecular weight is 277 g/mol. The van der Waals surface area contributed by atoms with Crippen LogP contribution in [-0.2, 0) is 6.42 Å². The Kier molecular flexibility index (Phi) is 3.27. The molecule has 0 aliphatic carbocycles. The van der Waals surface area contributed by atoms with Crippen molar-refractivity contribution in [3.63, 3.8) is 0 Å². The molecule has 1 aromatic carbocycles. The predicted molar refractivity (Wildman–Crippen MR) is 72.7 cm³/mol. The lowest BCUT2D eigenvalue weighted by atomic mass is 10.2. The van der Waals surface area contributed by atoms with Crippen LogP contribution in [0.2, 0.25) is 0 Å². The van der Waals surface area contributed by atoms with E-state index in [1.165, 1.54) is 23.5 Å². The van der Waals surface area contributed by atoms with E-state index in [0.29, 0.717) is 11.7 Å². The predicted octanol–water partition coefficient (Wildman–Crippen LogP) is 2.85. The van der Waals surface area contributed by atoms with Crippen molar-refractivity contribution >= 4 is 21.4 Å². The van der Waals surface area contributed by atoms with Gasteiger partial charge in [0.25, 0.3) is 5.89 Å². The van der Waals surface area contributed by atoms with Gasteiger partial charge in [0.05, 0.1) is 4.88 Å². The molecular weight excluding hydrogens is 265 g/mol. The van der Waals surface area contributed by atoms with E-state index in [0.717, 1.165) is 27.9 Å². The maximum Gasteiger partial charge on any atom is 0.268 e. The van der Waals surface area contributed by atoms with Crippen LogP contribution in [0.4, 0.5) is 4.39 Å². The van der Waals surface area contributed by atoms with Gasteiger partial charge in [-0.15, -0.1) is 11.3 Å². The minimum absolute atomic E-state index is 0.235. The highest BCUT2D eigenvalue weighted by molar-refractivity contribution is 7.22. The molecule has 2 aromatic heterocycles. The summed E-state index contributed by atoms with van der Waals surface area (Å²) >= 11 is 1.45. The van der Waals surface area contributed by atoms with E-state index in [1.54, 1.807) is 6.07 Å². The van der Waals surface area contributed by atoms with Gasteiger partial charge in [-0.1, -0.05) is 11.2 Å². The molecule has 0 radical (unpaired) electrons. The number of benzene rings is 1. The zero-order valence-electron chi connectivity index (χ0n) is 10.3. The van der Waals surface area contributed by atoms with E-state index < -0.39 is 0 Å². The minimum atomic E-state index is -0.235. The molecule has 3 aromatic rings. The summed E-state index contributed by atoms with van der Waals surface area (Å²) in [5.74, 6) is 0.932. The maximum absolute atomic E-state index is 13.1. The first kappa shape index (κ1) is 12.3. The summed E-state index contributed by atoms with van der Waals surface area (Å²) in [5.41, 5.74) is 0. The third-order valence-electron chi connectivity index (χ3n) is 2.76. The molecular formula is C13H12FN3OS. The number of aromatic nitrogens is 2. The molecule has 2 heterocycles. The topological polar surface area (TPSA) is 51.0 Å². The van der Waals surface area contributed by atoms with Crippen molar-refractivity contribution in [1.82, 2.24) is 15.5 Å². The first-order valence-corrected chi connectivity index (χ1v) is 6.74. The standard InChI is InChI=1S/C13H12FN3OS/c1-15-5-4-12-16-13(18-17-12)11-6-8-2-3-9(14)7-10(8)19-11/h2-3,6-7,15H,4-5H2,1H3. The van der Waals surface area contributed by atoms with Gasteiger partial charge in [0.2, 0.25) is 0 Å². The largest absolute Gasteiger partial charge is 0.333 e. The van der Waals surface area contributed by atoms with Crippen molar-refractivity contribution < 1.29 is 8.91 Å². The van der Waals surface area contributed by atoms with E-state index in [9.17, 15) is 4.39 Å². The summed E-state index contributed by atoms with van der Waals surface area (Å²) < 4.78 is 19.3. The Hall–Kier alpha value is -1.79. The van der Waals surface area contributed by atoms with Gasteiger partial charge < -0.3 is 9.84 Å². The van der Waals surface area contributed by atoms with Crippen LogP contribution in [0.15, 0.2) is 28.8 Å². The highest BCUT2D eigenvalue weighted by Crippen LogP contribution is 2.32. The maximum atomic E-state index is 13.1. The summed E-state index contributed by atoms with van der Waals surface area (Å²) in [5, 5.41) is 7.94. The third-order valence-corrected chi connectivity index (χ3v) is 3.85. The smallest absolute Gasteiger partial charge is 0.268 e. The van der Waals surface area contributed by atoms with Crippen molar-refractivity contribution in [2.24, 2.45) is 0 Å². The average Bonchev–Trinajstić information content (AvgIpc) is 3.01. The zero-order valence-corrected chi connectivity index (χ0v) is 11.1. The highest BCUT2D eigenvalue weighted by atomic mass is 32.1. The molecule has 0 atom stereocenters. The second kappa shape index (κ2) is 5.07. The SMILES string of the molecule is CNCCc1noc(-c2cc3ccc(F)cc3s2)n1. The molecule has 0 amide bonds. The zero-order chi connectivity index (χ0) is 13.2. The Morgan fingerprint density at radius 2 is 2.26 bits per heavy atom. The molecule has 0 unspecified atom stereocenters. The summed E-state index contributed by atoms with van der Waals surface area (Å²) in [6.45, 7) is 0.802. The van der Waals surface area contributed by atoms with Gasteiger partial charge in [-0.05, 0) is 30.6 Å². The van der Waals surface area contributed by atoms with E-state index in [2.05, 4.69) is 15.5 Å². The number of likely N-dealkylation sites (N-methyl/N-ethyl adjacent to an activating group) is 1. The normalized spacial score (nSPS) is 11.3. The molecule has 0 fully saturated rings. The molecule has 98 valence electrons. The van der Waals surface area contributed by atoms with Crippen LogP contribution in [0.1, 0.15) is 5.82 Å². The van der Waals surface area contributed by atoms with Crippen molar-refractivity contribution in [3.05, 3.63) is 35.9 Å². The summed E-state index contributed by atoms with van der Waals surface area (Å²) in [4.78, 5) is 5.20. The minimum Gasteiger partial charge on any atom is -0.333 e. The monoisotopic (exact) mass is 277 g/mol. The number of nitrogens with zero attached hydrogens (tertiary/aromatic N) is 2. The Bertz CT molecular complexity index is 707. The van der Waals surface area contributed by atoms with Crippen LogP contribution in [0, 0.1) is 5.82 Å². The molecule has 0 aliphatic rings. The second-order valence-corrected chi connectivity index (χ2v) is 5.25. The number of hydrogen-bond acceptors (Lipinski definition) is 5. The Morgan fingerprint density at radius 1 is 1.37 bits per heavy atom. The summed E-state index contributed by atoms with van der Waals surface area (Å²) in [7, 11) is 1.88. The highest BCUT2D eigenvalue weighted by Gasteiger charge is 2.12.